The van der Waals surface area contributed by atoms with Crippen LogP contribution < -0.4 is 5.32 Å². The number of halogens is 3. The second-order valence-electron chi connectivity index (χ2n) is 4.57. The van der Waals surface area contributed by atoms with Gasteiger partial charge in [0.1, 0.15) is 10.9 Å². The van der Waals surface area contributed by atoms with E-state index >= 15 is 0 Å². The Labute approximate surface area is 163 Å². The van der Waals surface area contributed by atoms with Crippen LogP contribution in [0.4, 0.5) is 0 Å². The van der Waals surface area contributed by atoms with Crippen molar-refractivity contribution in [3.63, 3.8) is 0 Å². The predicted molar refractivity (Wildman–Crippen MR) is 101 cm³/mol. The molecular weight excluding hydrogens is 514 g/mol. The van der Waals surface area contributed by atoms with Crippen molar-refractivity contribution in [3.8, 4) is 0 Å². The van der Waals surface area contributed by atoms with Crippen LogP contribution in [0.2, 0.25) is 0 Å². The SMILES string of the molecule is COC(=O)[C@H](Cc1ccccc1)NC(=O)c1sc(Br)c(Br)c1Br. The number of hydrogen-bond donors (Lipinski definition) is 1. The van der Waals surface area contributed by atoms with E-state index in [9.17, 15) is 9.59 Å². The van der Waals surface area contributed by atoms with E-state index in [1.54, 1.807) is 0 Å². The van der Waals surface area contributed by atoms with Gasteiger partial charge in [-0.3, -0.25) is 4.79 Å². The van der Waals surface area contributed by atoms with E-state index in [4.69, 9.17) is 4.74 Å². The number of thiophene rings is 1. The Morgan fingerprint density at radius 3 is 2.35 bits per heavy atom. The smallest absolute Gasteiger partial charge is 0.328 e. The Morgan fingerprint density at radius 2 is 1.83 bits per heavy atom. The predicted octanol–water partition coefficient (Wildman–Crippen LogP) is 4.55. The summed E-state index contributed by atoms with van der Waals surface area (Å²) >= 11 is 11.4. The largest absolute Gasteiger partial charge is 0.467 e. The summed E-state index contributed by atoms with van der Waals surface area (Å²) in [7, 11) is 1.31. The van der Waals surface area contributed by atoms with E-state index in [0.29, 0.717) is 15.8 Å². The van der Waals surface area contributed by atoms with Crippen molar-refractivity contribution in [2.45, 2.75) is 12.5 Å². The molecule has 0 aliphatic heterocycles. The fourth-order valence-electron chi connectivity index (χ4n) is 1.92. The first kappa shape index (κ1) is 18.6. The van der Waals surface area contributed by atoms with E-state index in [1.807, 2.05) is 30.3 Å². The molecule has 0 saturated heterocycles. The number of benzene rings is 1. The molecule has 1 amide bonds. The molecule has 1 heterocycles. The lowest BCUT2D eigenvalue weighted by atomic mass is 10.1. The second kappa shape index (κ2) is 8.41. The highest BCUT2D eigenvalue weighted by Crippen LogP contribution is 2.40. The van der Waals surface area contributed by atoms with Crippen molar-refractivity contribution >= 4 is 71.0 Å². The van der Waals surface area contributed by atoms with E-state index < -0.39 is 12.0 Å². The number of ether oxygens (including phenoxy) is 1. The molecule has 0 unspecified atom stereocenters. The quantitative estimate of drug-likeness (QED) is 0.583. The van der Waals surface area contributed by atoms with Gasteiger partial charge in [0.25, 0.3) is 5.91 Å². The Morgan fingerprint density at radius 1 is 1.17 bits per heavy atom. The van der Waals surface area contributed by atoms with E-state index in [2.05, 4.69) is 53.1 Å². The molecule has 0 aliphatic rings. The maximum absolute atomic E-state index is 12.5. The molecule has 23 heavy (non-hydrogen) atoms. The molecule has 122 valence electrons. The van der Waals surface area contributed by atoms with Crippen molar-refractivity contribution in [1.82, 2.24) is 5.32 Å². The molecule has 4 nitrogen and oxygen atoms in total. The highest BCUT2D eigenvalue weighted by Gasteiger charge is 2.26. The van der Waals surface area contributed by atoms with Crippen LogP contribution in [0.3, 0.4) is 0 Å². The lowest BCUT2D eigenvalue weighted by molar-refractivity contribution is -0.142. The minimum Gasteiger partial charge on any atom is -0.467 e. The minimum atomic E-state index is -0.749. The first-order chi connectivity index (χ1) is 10.9. The van der Waals surface area contributed by atoms with E-state index in [-0.39, 0.29) is 5.91 Å². The molecule has 1 atom stereocenters. The van der Waals surface area contributed by atoms with Gasteiger partial charge < -0.3 is 10.1 Å². The van der Waals surface area contributed by atoms with Gasteiger partial charge in [0.15, 0.2) is 0 Å². The first-order valence-electron chi connectivity index (χ1n) is 6.50. The first-order valence-corrected chi connectivity index (χ1v) is 9.69. The van der Waals surface area contributed by atoms with Crippen molar-refractivity contribution in [3.05, 3.63) is 53.5 Å². The average Bonchev–Trinajstić information content (AvgIpc) is 2.82. The zero-order valence-electron chi connectivity index (χ0n) is 11.9. The van der Waals surface area contributed by atoms with Gasteiger partial charge in [0.2, 0.25) is 0 Å². The van der Waals surface area contributed by atoms with Crippen molar-refractivity contribution in [2.24, 2.45) is 0 Å². The number of methoxy groups -OCH3 is 1. The number of rotatable bonds is 5. The fourth-order valence-corrected chi connectivity index (χ4v) is 4.91. The third-order valence-electron chi connectivity index (χ3n) is 3.04. The summed E-state index contributed by atoms with van der Waals surface area (Å²) in [6.07, 6.45) is 0.366. The second-order valence-corrected chi connectivity index (χ2v) is 8.50. The molecule has 1 N–H and O–H groups in total. The lowest BCUT2D eigenvalue weighted by Gasteiger charge is -2.16. The zero-order chi connectivity index (χ0) is 17.0. The lowest BCUT2D eigenvalue weighted by Crippen LogP contribution is -2.42. The Bertz CT molecular complexity index is 718. The highest BCUT2D eigenvalue weighted by molar-refractivity contribution is 9.14. The molecule has 0 spiro atoms. The summed E-state index contributed by atoms with van der Waals surface area (Å²) in [6.45, 7) is 0. The van der Waals surface area contributed by atoms with Crippen LogP contribution in [0.5, 0.6) is 0 Å². The molecule has 2 aromatic rings. The van der Waals surface area contributed by atoms with Gasteiger partial charge in [-0.15, -0.1) is 11.3 Å². The standard InChI is InChI=1S/C15H12Br3NO3S/c1-22-15(21)9(7-8-5-3-2-4-6-8)19-14(20)12-10(16)11(17)13(18)23-12/h2-6,9H,7H2,1H3,(H,19,20)/t9-/m0/s1. The van der Waals surface area contributed by atoms with Crippen LogP contribution in [0, 0.1) is 0 Å². The summed E-state index contributed by atoms with van der Waals surface area (Å²) in [4.78, 5) is 24.9. The van der Waals surface area contributed by atoms with Crippen molar-refractivity contribution in [2.75, 3.05) is 7.11 Å². The van der Waals surface area contributed by atoms with Crippen molar-refractivity contribution < 1.29 is 14.3 Å². The Balaban J connectivity index is 2.18. The van der Waals surface area contributed by atoms with Gasteiger partial charge in [-0.1, -0.05) is 30.3 Å². The molecule has 0 aliphatic carbocycles. The van der Waals surface area contributed by atoms with Crippen molar-refractivity contribution in [1.29, 1.82) is 0 Å². The Kier molecular flexibility index (Phi) is 6.82. The average molecular weight is 526 g/mol. The van der Waals surface area contributed by atoms with Crippen LogP contribution in [0.15, 0.2) is 43.1 Å². The maximum atomic E-state index is 12.5. The summed E-state index contributed by atoms with van der Waals surface area (Å²) in [5.74, 6) is -0.812. The normalized spacial score (nSPS) is 11.8. The topological polar surface area (TPSA) is 55.4 Å². The van der Waals surface area contributed by atoms with E-state index in [0.717, 1.165) is 13.8 Å². The number of amides is 1. The number of esters is 1. The number of hydrogen-bond acceptors (Lipinski definition) is 4. The van der Waals surface area contributed by atoms with Crippen LogP contribution in [-0.2, 0) is 16.0 Å². The summed E-state index contributed by atoms with van der Waals surface area (Å²) < 4.78 is 7.02. The van der Waals surface area contributed by atoms with Crippen LogP contribution in [0.1, 0.15) is 15.2 Å². The monoisotopic (exact) mass is 523 g/mol. The minimum absolute atomic E-state index is 0.334. The van der Waals surface area contributed by atoms with Gasteiger partial charge in [0.05, 0.1) is 19.8 Å². The summed E-state index contributed by atoms with van der Waals surface area (Å²) in [6, 6.07) is 8.71. The van der Waals surface area contributed by atoms with Crippen LogP contribution in [0.25, 0.3) is 0 Å². The highest BCUT2D eigenvalue weighted by atomic mass is 79.9. The molecule has 1 aromatic heterocycles. The number of nitrogens with one attached hydrogen (secondary N) is 1. The zero-order valence-corrected chi connectivity index (χ0v) is 17.5. The molecule has 0 fully saturated rings. The third-order valence-corrected chi connectivity index (χ3v) is 8.07. The van der Waals surface area contributed by atoms with Gasteiger partial charge >= 0.3 is 5.97 Å². The molecule has 0 radical (unpaired) electrons. The van der Waals surface area contributed by atoms with Gasteiger partial charge in [0, 0.05) is 6.42 Å². The number of carbonyl (C=O) groups excluding carboxylic acids is 2. The van der Waals surface area contributed by atoms with Gasteiger partial charge in [-0.05, 0) is 53.4 Å². The third kappa shape index (κ3) is 4.65. The molecule has 8 heteroatoms. The molecule has 2 rings (SSSR count). The van der Waals surface area contributed by atoms with Gasteiger partial charge in [-0.2, -0.15) is 0 Å². The summed E-state index contributed by atoms with van der Waals surface area (Å²) in [5, 5.41) is 2.74. The number of carbonyl (C=O) groups is 2. The molecule has 0 saturated carbocycles. The van der Waals surface area contributed by atoms with E-state index in [1.165, 1.54) is 18.4 Å². The molecule has 0 bridgehead atoms. The molecular formula is C15H12Br3NO3S. The van der Waals surface area contributed by atoms with Crippen LogP contribution in [-0.4, -0.2) is 25.0 Å². The van der Waals surface area contributed by atoms with Gasteiger partial charge in [-0.25, -0.2) is 4.79 Å². The summed E-state index contributed by atoms with van der Waals surface area (Å²) in [5.41, 5.74) is 0.941. The van der Waals surface area contributed by atoms with Crippen LogP contribution >= 0.6 is 59.1 Å². The molecule has 1 aromatic carbocycles. The Hall–Kier alpha value is -0.700. The maximum Gasteiger partial charge on any atom is 0.328 e. The fraction of sp³-hybridized carbons (Fsp3) is 0.200.